The van der Waals surface area contributed by atoms with Gasteiger partial charge in [-0.15, -0.1) is 0 Å². The van der Waals surface area contributed by atoms with Gasteiger partial charge in [-0.05, 0) is 80.2 Å². The van der Waals surface area contributed by atoms with E-state index in [4.69, 9.17) is 16.3 Å². The summed E-state index contributed by atoms with van der Waals surface area (Å²) in [5.74, 6) is 1.72. The van der Waals surface area contributed by atoms with Crippen LogP contribution in [0.15, 0.2) is 24.4 Å². The SMILES string of the molecule is CC(NC(=O)c1cn(C2COC2)c2cccc(Cl)c12)C12C[C@@H]3C[C@@H](CC(C)(C3)C1)C2. The highest BCUT2D eigenvalue weighted by molar-refractivity contribution is 6.36. The van der Waals surface area contributed by atoms with Crippen molar-refractivity contribution >= 4 is 28.4 Å². The molecule has 5 aliphatic rings. The van der Waals surface area contributed by atoms with Crippen LogP contribution in [0.2, 0.25) is 5.02 Å². The average Bonchev–Trinajstić information content (AvgIpc) is 2.99. The molecule has 4 bridgehead atoms. The average molecular weight is 427 g/mol. The van der Waals surface area contributed by atoms with Gasteiger partial charge >= 0.3 is 0 Å². The number of rotatable bonds is 4. The Morgan fingerprint density at radius 1 is 1.23 bits per heavy atom. The molecule has 2 aromatic rings. The van der Waals surface area contributed by atoms with Gasteiger partial charge in [0.05, 0.1) is 35.4 Å². The normalized spacial score (nSPS) is 36.1. The maximum Gasteiger partial charge on any atom is 0.253 e. The molecule has 0 spiro atoms. The van der Waals surface area contributed by atoms with Crippen molar-refractivity contribution in [2.75, 3.05) is 13.2 Å². The first-order chi connectivity index (χ1) is 14.4. The number of amides is 1. The second-order valence-electron chi connectivity index (χ2n) is 11.1. The first-order valence-electron chi connectivity index (χ1n) is 11.5. The molecule has 7 rings (SSSR count). The Bertz CT molecular complexity index is 1010. The molecule has 2 heterocycles. The standard InChI is InChI=1S/C25H31ClN2O2/c1-15(25-9-16-6-17(10-25)8-24(2,7-16)14-25)27-23(29)19-11-28(18-12-30-13-18)21-5-3-4-20(26)22(19)21/h3-5,11,15-18H,6-10,12-14H2,1-2H3,(H,27,29)/t15?,16-,17+,24?,25?. The molecule has 5 heteroatoms. The predicted octanol–water partition coefficient (Wildman–Crippen LogP) is 5.59. The second-order valence-corrected chi connectivity index (χ2v) is 11.5. The zero-order valence-corrected chi connectivity index (χ0v) is 18.7. The molecule has 4 nitrogen and oxygen atoms in total. The molecule has 30 heavy (non-hydrogen) atoms. The van der Waals surface area contributed by atoms with Crippen LogP contribution in [0.4, 0.5) is 0 Å². The highest BCUT2D eigenvalue weighted by atomic mass is 35.5. The number of benzene rings is 1. The largest absolute Gasteiger partial charge is 0.377 e. The molecular weight excluding hydrogens is 396 g/mol. The molecule has 1 aromatic carbocycles. The Labute approximate surface area is 183 Å². The third-order valence-corrected chi connectivity index (χ3v) is 9.05. The van der Waals surface area contributed by atoms with Crippen LogP contribution >= 0.6 is 11.6 Å². The van der Waals surface area contributed by atoms with E-state index in [0.29, 0.717) is 29.2 Å². The molecule has 4 saturated carbocycles. The molecule has 0 radical (unpaired) electrons. The van der Waals surface area contributed by atoms with Crippen LogP contribution in [0.5, 0.6) is 0 Å². The molecule has 4 aliphatic carbocycles. The molecular formula is C25H31ClN2O2. The highest BCUT2D eigenvalue weighted by Gasteiger charge is 2.57. The van der Waals surface area contributed by atoms with E-state index in [1.807, 2.05) is 18.3 Å². The fourth-order valence-electron chi connectivity index (χ4n) is 7.86. The van der Waals surface area contributed by atoms with E-state index in [2.05, 4.69) is 29.8 Å². The van der Waals surface area contributed by atoms with Gasteiger partial charge in [0.1, 0.15) is 0 Å². The highest BCUT2D eigenvalue weighted by Crippen LogP contribution is 2.66. The minimum atomic E-state index is 0.0143. The van der Waals surface area contributed by atoms with Gasteiger partial charge in [-0.25, -0.2) is 0 Å². The summed E-state index contributed by atoms with van der Waals surface area (Å²) >= 11 is 6.57. The van der Waals surface area contributed by atoms with Gasteiger partial charge in [-0.2, -0.15) is 0 Å². The monoisotopic (exact) mass is 426 g/mol. The van der Waals surface area contributed by atoms with Crippen LogP contribution in [-0.4, -0.2) is 29.7 Å². The van der Waals surface area contributed by atoms with Crippen LogP contribution in [0.3, 0.4) is 0 Å². The van der Waals surface area contributed by atoms with Crippen molar-refractivity contribution in [3.05, 3.63) is 35.0 Å². The van der Waals surface area contributed by atoms with Crippen LogP contribution in [-0.2, 0) is 4.74 Å². The minimum absolute atomic E-state index is 0.0143. The van der Waals surface area contributed by atoms with Crippen molar-refractivity contribution < 1.29 is 9.53 Å². The van der Waals surface area contributed by atoms with Crippen molar-refractivity contribution in [2.24, 2.45) is 22.7 Å². The molecule has 1 aromatic heterocycles. The van der Waals surface area contributed by atoms with Crippen molar-refractivity contribution in [3.63, 3.8) is 0 Å². The Morgan fingerprint density at radius 3 is 2.60 bits per heavy atom. The van der Waals surface area contributed by atoms with Crippen molar-refractivity contribution in [1.82, 2.24) is 9.88 Å². The number of halogens is 1. The Morgan fingerprint density at radius 2 is 1.97 bits per heavy atom. The molecule has 1 amide bonds. The number of nitrogens with one attached hydrogen (secondary N) is 1. The van der Waals surface area contributed by atoms with E-state index in [1.165, 1.54) is 38.5 Å². The quantitative estimate of drug-likeness (QED) is 0.692. The number of fused-ring (bicyclic) bond motifs is 1. The molecule has 1 aliphatic heterocycles. The first kappa shape index (κ1) is 19.2. The Balaban J connectivity index is 1.31. The van der Waals surface area contributed by atoms with Crippen LogP contribution in [0.25, 0.3) is 10.9 Å². The van der Waals surface area contributed by atoms with Gasteiger partial charge in [0.2, 0.25) is 0 Å². The van der Waals surface area contributed by atoms with Crippen LogP contribution < -0.4 is 5.32 Å². The molecule has 5 fully saturated rings. The first-order valence-corrected chi connectivity index (χ1v) is 11.9. The number of carbonyl (C=O) groups is 1. The molecule has 160 valence electrons. The summed E-state index contributed by atoms with van der Waals surface area (Å²) in [6, 6.07) is 6.36. The van der Waals surface area contributed by atoms with Crippen molar-refractivity contribution in [2.45, 2.75) is 64.5 Å². The van der Waals surface area contributed by atoms with E-state index in [0.717, 1.165) is 22.7 Å². The lowest BCUT2D eigenvalue weighted by Crippen LogP contribution is -2.58. The minimum Gasteiger partial charge on any atom is -0.377 e. The topological polar surface area (TPSA) is 43.3 Å². The van der Waals surface area contributed by atoms with Gasteiger partial charge in [-0.1, -0.05) is 24.6 Å². The van der Waals surface area contributed by atoms with Crippen LogP contribution in [0, 0.1) is 22.7 Å². The van der Waals surface area contributed by atoms with Crippen molar-refractivity contribution in [3.8, 4) is 0 Å². The number of hydrogen-bond donors (Lipinski definition) is 1. The van der Waals surface area contributed by atoms with Crippen molar-refractivity contribution in [1.29, 1.82) is 0 Å². The molecule has 3 unspecified atom stereocenters. The van der Waals surface area contributed by atoms with E-state index >= 15 is 0 Å². The lowest BCUT2D eigenvalue weighted by atomic mass is 9.43. The van der Waals surface area contributed by atoms with E-state index in [9.17, 15) is 4.79 Å². The second kappa shape index (κ2) is 6.49. The fourth-order valence-corrected chi connectivity index (χ4v) is 8.13. The third kappa shape index (κ3) is 2.79. The maximum absolute atomic E-state index is 13.5. The summed E-state index contributed by atoms with van der Waals surface area (Å²) in [6.45, 7) is 6.12. The maximum atomic E-state index is 13.5. The number of hydrogen-bond acceptors (Lipinski definition) is 2. The van der Waals surface area contributed by atoms with Gasteiger partial charge in [0.15, 0.2) is 0 Å². The van der Waals surface area contributed by atoms with Crippen LogP contribution in [0.1, 0.15) is 68.8 Å². The Hall–Kier alpha value is -1.52. The van der Waals surface area contributed by atoms with E-state index < -0.39 is 0 Å². The summed E-state index contributed by atoms with van der Waals surface area (Å²) in [4.78, 5) is 13.5. The van der Waals surface area contributed by atoms with Gasteiger partial charge in [0.25, 0.3) is 5.91 Å². The molecule has 1 saturated heterocycles. The molecule has 1 N–H and O–H groups in total. The zero-order valence-electron chi connectivity index (χ0n) is 17.9. The van der Waals surface area contributed by atoms with Gasteiger partial charge < -0.3 is 14.6 Å². The number of ether oxygens (including phenoxy) is 1. The summed E-state index contributed by atoms with van der Waals surface area (Å²) < 4.78 is 7.57. The van der Waals surface area contributed by atoms with E-state index in [1.54, 1.807) is 0 Å². The number of nitrogens with zero attached hydrogens (tertiary/aromatic N) is 1. The lowest BCUT2D eigenvalue weighted by Gasteiger charge is -2.63. The fraction of sp³-hybridized carbons (Fsp3) is 0.640. The third-order valence-electron chi connectivity index (χ3n) is 8.73. The summed E-state index contributed by atoms with van der Waals surface area (Å²) in [5.41, 5.74) is 2.46. The van der Waals surface area contributed by atoms with Gasteiger partial charge in [-0.3, -0.25) is 4.79 Å². The number of aromatic nitrogens is 1. The predicted molar refractivity (Wildman–Crippen MR) is 119 cm³/mol. The lowest BCUT2D eigenvalue weighted by molar-refractivity contribution is -0.114. The zero-order chi connectivity index (χ0) is 20.7. The summed E-state index contributed by atoms with van der Waals surface area (Å²) in [7, 11) is 0. The smallest absolute Gasteiger partial charge is 0.253 e. The summed E-state index contributed by atoms with van der Waals surface area (Å²) in [6.07, 6.45) is 10.00. The van der Waals surface area contributed by atoms with E-state index in [-0.39, 0.29) is 23.4 Å². The Kier molecular flexibility index (Phi) is 4.15. The number of carbonyl (C=O) groups excluding carboxylic acids is 1. The molecule has 5 atom stereocenters. The summed E-state index contributed by atoms with van der Waals surface area (Å²) in [5, 5.41) is 4.95. The van der Waals surface area contributed by atoms with Gasteiger partial charge in [0, 0.05) is 17.6 Å².